The monoisotopic (exact) mass is 356 g/mol. The molecule has 0 heterocycles. The Balaban J connectivity index is 3.21. The second kappa shape index (κ2) is 20.2. The van der Waals surface area contributed by atoms with Crippen LogP contribution in [0.1, 0.15) is 136 Å². The molecule has 2 atom stereocenters. The van der Waals surface area contributed by atoms with Gasteiger partial charge in [-0.25, -0.2) is 0 Å². The summed E-state index contributed by atoms with van der Waals surface area (Å²) in [7, 11) is 0. The van der Waals surface area contributed by atoms with E-state index in [1.54, 1.807) is 0 Å². The van der Waals surface area contributed by atoms with Crippen molar-refractivity contribution < 1.29 is 10.2 Å². The molecule has 0 aliphatic rings. The predicted octanol–water partition coefficient (Wildman–Crippen LogP) is 7.16. The van der Waals surface area contributed by atoms with Gasteiger partial charge in [0.25, 0.3) is 0 Å². The second-order valence-electron chi connectivity index (χ2n) is 8.07. The Morgan fingerprint density at radius 2 is 0.720 bits per heavy atom. The summed E-state index contributed by atoms with van der Waals surface area (Å²) in [5, 5.41) is 19.9. The molecule has 0 aromatic rings. The van der Waals surface area contributed by atoms with Crippen LogP contribution in [0, 0.1) is 0 Å². The second-order valence-corrected chi connectivity index (χ2v) is 8.07. The molecule has 0 fully saturated rings. The number of unbranched alkanes of at least 4 members (excludes halogenated alkanes) is 14. The maximum atomic E-state index is 9.99. The van der Waals surface area contributed by atoms with E-state index in [-0.39, 0.29) is 12.2 Å². The first-order chi connectivity index (χ1) is 12.2. The number of rotatable bonds is 20. The van der Waals surface area contributed by atoms with E-state index < -0.39 is 0 Å². The fourth-order valence-corrected chi connectivity index (χ4v) is 3.58. The van der Waals surface area contributed by atoms with Crippen LogP contribution in [0.2, 0.25) is 0 Å². The number of aliphatic hydroxyl groups is 2. The number of hydrogen-bond donors (Lipinski definition) is 2. The molecule has 0 aliphatic carbocycles. The standard InChI is InChI=1S/C23H48O2/c1-3-5-7-8-9-10-11-12-13-14-15-16-18-20-23(25)21-22(24)19-17-6-4-2/h22-25H,3-21H2,1-2H3/t22-,23+/m1/s1. The number of aliphatic hydroxyl groups excluding tert-OH is 2. The van der Waals surface area contributed by atoms with Crippen LogP contribution in [0.4, 0.5) is 0 Å². The third kappa shape index (κ3) is 20.1. The van der Waals surface area contributed by atoms with E-state index in [2.05, 4.69) is 13.8 Å². The lowest BCUT2D eigenvalue weighted by Crippen LogP contribution is -2.17. The molecule has 0 radical (unpaired) electrons. The molecule has 0 aliphatic heterocycles. The molecular formula is C23H48O2. The van der Waals surface area contributed by atoms with Crippen LogP contribution < -0.4 is 0 Å². The van der Waals surface area contributed by atoms with E-state index in [0.29, 0.717) is 6.42 Å². The van der Waals surface area contributed by atoms with E-state index >= 15 is 0 Å². The van der Waals surface area contributed by atoms with Gasteiger partial charge in [0.05, 0.1) is 12.2 Å². The predicted molar refractivity (Wildman–Crippen MR) is 111 cm³/mol. The maximum Gasteiger partial charge on any atom is 0.0564 e. The van der Waals surface area contributed by atoms with Gasteiger partial charge in [0.15, 0.2) is 0 Å². The fourth-order valence-electron chi connectivity index (χ4n) is 3.58. The minimum absolute atomic E-state index is 0.302. The van der Waals surface area contributed by atoms with Gasteiger partial charge < -0.3 is 10.2 Å². The van der Waals surface area contributed by atoms with Crippen molar-refractivity contribution in [1.29, 1.82) is 0 Å². The van der Waals surface area contributed by atoms with E-state index in [0.717, 1.165) is 25.7 Å². The van der Waals surface area contributed by atoms with Crippen molar-refractivity contribution in [2.24, 2.45) is 0 Å². The van der Waals surface area contributed by atoms with Crippen molar-refractivity contribution in [1.82, 2.24) is 0 Å². The third-order valence-corrected chi connectivity index (χ3v) is 5.33. The molecule has 25 heavy (non-hydrogen) atoms. The largest absolute Gasteiger partial charge is 0.393 e. The first kappa shape index (κ1) is 24.9. The molecule has 0 saturated carbocycles. The van der Waals surface area contributed by atoms with Crippen LogP contribution in [-0.4, -0.2) is 22.4 Å². The summed E-state index contributed by atoms with van der Waals surface area (Å²) >= 11 is 0. The summed E-state index contributed by atoms with van der Waals surface area (Å²) in [4.78, 5) is 0. The van der Waals surface area contributed by atoms with Gasteiger partial charge in [0.2, 0.25) is 0 Å². The molecule has 2 heteroatoms. The van der Waals surface area contributed by atoms with Gasteiger partial charge in [-0.3, -0.25) is 0 Å². The molecule has 2 N–H and O–H groups in total. The van der Waals surface area contributed by atoms with Gasteiger partial charge >= 0.3 is 0 Å². The van der Waals surface area contributed by atoms with E-state index in [9.17, 15) is 10.2 Å². The quantitative estimate of drug-likeness (QED) is 0.227. The average Bonchev–Trinajstić information content (AvgIpc) is 2.59. The van der Waals surface area contributed by atoms with Crippen molar-refractivity contribution in [2.45, 2.75) is 148 Å². The van der Waals surface area contributed by atoms with Crippen LogP contribution in [0.15, 0.2) is 0 Å². The first-order valence-corrected chi connectivity index (χ1v) is 11.6. The van der Waals surface area contributed by atoms with Gasteiger partial charge in [0.1, 0.15) is 0 Å². The van der Waals surface area contributed by atoms with Crippen LogP contribution in [-0.2, 0) is 0 Å². The highest BCUT2D eigenvalue weighted by Gasteiger charge is 2.11. The molecule has 0 spiro atoms. The molecule has 152 valence electrons. The Labute approximate surface area is 158 Å². The van der Waals surface area contributed by atoms with Crippen molar-refractivity contribution in [3.8, 4) is 0 Å². The Morgan fingerprint density at radius 1 is 0.440 bits per heavy atom. The highest BCUT2D eigenvalue weighted by Crippen LogP contribution is 2.15. The summed E-state index contributed by atoms with van der Waals surface area (Å²) in [6.07, 6.45) is 22.8. The molecule has 0 aromatic carbocycles. The SMILES string of the molecule is CCCCCCCCCCCCCCC[C@H](O)C[C@H](O)CCCCC. The van der Waals surface area contributed by atoms with Crippen LogP contribution in [0.25, 0.3) is 0 Å². The molecule has 2 nitrogen and oxygen atoms in total. The molecule has 0 bridgehead atoms. The Morgan fingerprint density at radius 3 is 1.12 bits per heavy atom. The van der Waals surface area contributed by atoms with Gasteiger partial charge in [-0.15, -0.1) is 0 Å². The molecule has 0 saturated heterocycles. The van der Waals surface area contributed by atoms with Crippen molar-refractivity contribution in [2.75, 3.05) is 0 Å². The Kier molecular flexibility index (Phi) is 20.2. The van der Waals surface area contributed by atoms with Crippen molar-refractivity contribution in [3.05, 3.63) is 0 Å². The average molecular weight is 357 g/mol. The zero-order valence-corrected chi connectivity index (χ0v) is 17.5. The van der Waals surface area contributed by atoms with Gasteiger partial charge in [-0.2, -0.15) is 0 Å². The van der Waals surface area contributed by atoms with E-state index in [4.69, 9.17) is 0 Å². The topological polar surface area (TPSA) is 40.5 Å². The first-order valence-electron chi connectivity index (χ1n) is 11.6. The zero-order chi connectivity index (χ0) is 18.6. The van der Waals surface area contributed by atoms with Crippen LogP contribution in [0.3, 0.4) is 0 Å². The minimum Gasteiger partial charge on any atom is -0.393 e. The molecule has 0 rings (SSSR count). The molecule has 0 unspecified atom stereocenters. The maximum absolute atomic E-state index is 9.99. The van der Waals surface area contributed by atoms with Gasteiger partial charge in [0, 0.05) is 0 Å². The highest BCUT2D eigenvalue weighted by molar-refractivity contribution is 4.64. The van der Waals surface area contributed by atoms with Crippen LogP contribution >= 0.6 is 0 Å². The summed E-state index contributed by atoms with van der Waals surface area (Å²) in [5.74, 6) is 0. The van der Waals surface area contributed by atoms with Crippen molar-refractivity contribution >= 4 is 0 Å². The van der Waals surface area contributed by atoms with Gasteiger partial charge in [-0.05, 0) is 19.3 Å². The summed E-state index contributed by atoms with van der Waals surface area (Å²) < 4.78 is 0. The van der Waals surface area contributed by atoms with E-state index in [1.807, 2.05) is 0 Å². The number of hydrogen-bond acceptors (Lipinski definition) is 2. The zero-order valence-electron chi connectivity index (χ0n) is 17.5. The lowest BCUT2D eigenvalue weighted by Gasteiger charge is -2.15. The molecular weight excluding hydrogens is 308 g/mol. The van der Waals surface area contributed by atoms with Gasteiger partial charge in [-0.1, -0.05) is 117 Å². The lowest BCUT2D eigenvalue weighted by molar-refractivity contribution is 0.0681. The van der Waals surface area contributed by atoms with Crippen LogP contribution in [0.5, 0.6) is 0 Å². The normalized spacial score (nSPS) is 13.9. The lowest BCUT2D eigenvalue weighted by atomic mass is 10.00. The minimum atomic E-state index is -0.302. The highest BCUT2D eigenvalue weighted by atomic mass is 16.3. The molecule has 0 amide bonds. The smallest absolute Gasteiger partial charge is 0.0564 e. The summed E-state index contributed by atoms with van der Waals surface area (Å²) in [5.41, 5.74) is 0. The fraction of sp³-hybridized carbons (Fsp3) is 1.00. The molecule has 0 aromatic heterocycles. The summed E-state index contributed by atoms with van der Waals surface area (Å²) in [6.45, 7) is 4.45. The Hall–Kier alpha value is -0.0800. The Bertz CT molecular complexity index is 242. The van der Waals surface area contributed by atoms with Crippen molar-refractivity contribution in [3.63, 3.8) is 0 Å². The summed E-state index contributed by atoms with van der Waals surface area (Å²) in [6, 6.07) is 0. The third-order valence-electron chi connectivity index (χ3n) is 5.33. The van der Waals surface area contributed by atoms with E-state index in [1.165, 1.54) is 89.9 Å².